The molecule has 1 aromatic carbocycles. The third kappa shape index (κ3) is 6.81. The van der Waals surface area contributed by atoms with Crippen molar-refractivity contribution in [1.29, 1.82) is 5.41 Å². The summed E-state index contributed by atoms with van der Waals surface area (Å²) in [6.07, 6.45) is -0.174. The highest BCUT2D eigenvalue weighted by Crippen LogP contribution is 2.27. The Labute approximate surface area is 170 Å². The lowest BCUT2D eigenvalue weighted by atomic mass is 10.1. The van der Waals surface area contributed by atoms with Crippen LogP contribution in [0.2, 0.25) is 0 Å². The maximum atomic E-state index is 14.3. The summed E-state index contributed by atoms with van der Waals surface area (Å²) < 4.78 is 28.6. The van der Waals surface area contributed by atoms with E-state index >= 15 is 0 Å². The summed E-state index contributed by atoms with van der Waals surface area (Å²) in [5.74, 6) is -4.30. The van der Waals surface area contributed by atoms with Crippen LogP contribution in [0.25, 0.3) is 0 Å². The number of H-pyrrole nitrogens is 1. The van der Waals surface area contributed by atoms with Gasteiger partial charge in [-0.15, -0.1) is 0 Å². The van der Waals surface area contributed by atoms with Crippen LogP contribution in [-0.4, -0.2) is 41.5 Å². The largest absolute Gasteiger partial charge is 0.368 e. The maximum absolute atomic E-state index is 14.3. The zero-order valence-corrected chi connectivity index (χ0v) is 16.2. The van der Waals surface area contributed by atoms with Crippen LogP contribution in [-0.2, 0) is 22.0 Å². The van der Waals surface area contributed by atoms with Gasteiger partial charge >= 0.3 is 0 Å². The molecule has 10 nitrogen and oxygen atoms in total. The molecule has 7 N–H and O–H groups in total. The van der Waals surface area contributed by atoms with Gasteiger partial charge in [0.05, 0.1) is 25.3 Å². The third-order valence-electron chi connectivity index (χ3n) is 3.91. The molecule has 0 radical (unpaired) electrons. The molecule has 0 saturated carbocycles. The van der Waals surface area contributed by atoms with Gasteiger partial charge < -0.3 is 21.4 Å². The number of nitrogens with one attached hydrogen (secondary N) is 5. The molecule has 0 fully saturated rings. The van der Waals surface area contributed by atoms with Crippen molar-refractivity contribution in [1.82, 2.24) is 20.8 Å². The van der Waals surface area contributed by atoms with Crippen LogP contribution in [0.5, 0.6) is 0 Å². The van der Waals surface area contributed by atoms with E-state index in [4.69, 9.17) is 16.0 Å². The van der Waals surface area contributed by atoms with Gasteiger partial charge in [0.1, 0.15) is 0 Å². The molecule has 0 unspecified atom stereocenters. The fourth-order valence-corrected chi connectivity index (χ4v) is 2.43. The number of aromatic nitrogens is 2. The Balaban J connectivity index is 1.97. The summed E-state index contributed by atoms with van der Waals surface area (Å²) in [5.41, 5.74) is 6.88. The first-order chi connectivity index (χ1) is 14.2. The molecule has 1 aromatic heterocycles. The Hall–Kier alpha value is -3.54. The first-order valence-electron chi connectivity index (χ1n) is 8.94. The number of hydroxylamine groups is 1. The van der Waals surface area contributed by atoms with Crippen molar-refractivity contribution in [2.75, 3.05) is 25.0 Å². The van der Waals surface area contributed by atoms with E-state index in [0.29, 0.717) is 5.69 Å². The van der Waals surface area contributed by atoms with Crippen molar-refractivity contribution in [3.8, 4) is 0 Å². The minimum absolute atomic E-state index is 0.0602. The monoisotopic (exact) mass is 423 g/mol. The molecule has 30 heavy (non-hydrogen) atoms. The van der Waals surface area contributed by atoms with Gasteiger partial charge in [-0.25, -0.2) is 10.5 Å². The number of anilines is 1. The number of nitrogens with two attached hydrogens (primary N) is 1. The summed E-state index contributed by atoms with van der Waals surface area (Å²) in [5, 5.41) is 11.8. The number of rotatable bonds is 10. The van der Waals surface area contributed by atoms with Crippen molar-refractivity contribution >= 4 is 17.7 Å². The summed E-state index contributed by atoms with van der Waals surface area (Å²) >= 11 is 0. The molecule has 1 amide bonds. The van der Waals surface area contributed by atoms with E-state index < -0.39 is 23.9 Å². The van der Waals surface area contributed by atoms with Gasteiger partial charge in [0.2, 0.25) is 11.9 Å². The van der Waals surface area contributed by atoms with E-state index in [2.05, 4.69) is 26.1 Å². The van der Waals surface area contributed by atoms with Crippen LogP contribution in [0.4, 0.5) is 14.6 Å². The van der Waals surface area contributed by atoms with Gasteiger partial charge in [-0.1, -0.05) is 30.3 Å². The Kier molecular flexibility index (Phi) is 7.81. The van der Waals surface area contributed by atoms with Crippen molar-refractivity contribution in [3.05, 3.63) is 57.6 Å². The lowest BCUT2D eigenvalue weighted by Crippen LogP contribution is -2.35. The summed E-state index contributed by atoms with van der Waals surface area (Å²) in [6, 6.07) is 7.21. The molecule has 12 heteroatoms. The molecule has 0 spiro atoms. The highest BCUT2D eigenvalue weighted by molar-refractivity contribution is 5.78. The van der Waals surface area contributed by atoms with Gasteiger partial charge in [0, 0.05) is 17.8 Å². The zero-order chi connectivity index (χ0) is 22.1. The average molecular weight is 423 g/mol. The Morgan fingerprint density at radius 3 is 2.70 bits per heavy atom. The van der Waals surface area contributed by atoms with Crippen molar-refractivity contribution in [2.45, 2.75) is 19.3 Å². The number of hydrogen-bond donors (Lipinski definition) is 6. The Morgan fingerprint density at radius 1 is 1.33 bits per heavy atom. The van der Waals surface area contributed by atoms with Gasteiger partial charge in [0.25, 0.3) is 11.5 Å². The fraction of sp³-hybridized carbons (Fsp3) is 0.333. The highest BCUT2D eigenvalue weighted by Gasteiger charge is 2.31. The summed E-state index contributed by atoms with van der Waals surface area (Å²) in [6.45, 7) is 0.919. The second-order valence-electron chi connectivity index (χ2n) is 6.30. The van der Waals surface area contributed by atoms with Gasteiger partial charge in [-0.05, 0) is 6.92 Å². The molecule has 0 saturated heterocycles. The molecular weight excluding hydrogens is 400 g/mol. The molecule has 0 aliphatic carbocycles. The van der Waals surface area contributed by atoms with Crippen molar-refractivity contribution in [2.24, 2.45) is 5.73 Å². The number of benzene rings is 1. The lowest BCUT2D eigenvalue weighted by molar-refractivity contribution is -0.120. The predicted octanol–water partition coefficient (Wildman–Crippen LogP) is 0.356. The Morgan fingerprint density at radius 2 is 2.03 bits per heavy atom. The van der Waals surface area contributed by atoms with E-state index in [0.717, 1.165) is 0 Å². The van der Waals surface area contributed by atoms with Gasteiger partial charge in [-0.2, -0.15) is 8.78 Å². The molecule has 0 atom stereocenters. The van der Waals surface area contributed by atoms with E-state index in [-0.39, 0.29) is 42.6 Å². The number of nitrogens with zero attached hydrogens (tertiary/aromatic N) is 1. The third-order valence-corrected chi connectivity index (χ3v) is 3.91. The number of aryl methyl sites for hydroxylation is 1. The number of halogens is 2. The van der Waals surface area contributed by atoms with E-state index in [1.54, 1.807) is 13.0 Å². The molecular formula is C18H23F2N7O3. The maximum Gasteiger partial charge on any atom is 0.290 e. The summed E-state index contributed by atoms with van der Waals surface area (Å²) in [7, 11) is 0. The van der Waals surface area contributed by atoms with E-state index in [1.807, 2.05) is 0 Å². The standard InChI is InChI=1S/C18H23F2N7O3/c1-11-13(9-14(28)23-7-8-30-27-17(21)22)26-15(16(29)25-11)24-10-18(19,20)12-5-3-2-4-6-12/h2-6H,7-10H2,1H3,(H,23,28)(H,24,26)(H,25,29)(H4,21,22,27). The first kappa shape index (κ1) is 22.7. The second kappa shape index (κ2) is 10.3. The molecule has 0 bridgehead atoms. The number of alkyl halides is 2. The van der Waals surface area contributed by atoms with Crippen molar-refractivity contribution in [3.63, 3.8) is 0 Å². The van der Waals surface area contributed by atoms with E-state index in [9.17, 15) is 18.4 Å². The number of aromatic amines is 1. The normalized spacial score (nSPS) is 11.0. The average Bonchev–Trinajstić information content (AvgIpc) is 2.69. The van der Waals surface area contributed by atoms with Crippen LogP contribution in [0.1, 0.15) is 17.0 Å². The van der Waals surface area contributed by atoms with Gasteiger partial charge in [-0.3, -0.25) is 19.8 Å². The molecule has 2 rings (SSSR count). The molecule has 1 heterocycles. The number of carbonyl (C=O) groups excluding carboxylic acids is 1. The quantitative estimate of drug-likeness (QED) is 0.139. The molecule has 2 aromatic rings. The number of amides is 1. The minimum atomic E-state index is -3.22. The minimum Gasteiger partial charge on any atom is -0.368 e. The van der Waals surface area contributed by atoms with Crippen molar-refractivity contribution < 1.29 is 18.4 Å². The van der Waals surface area contributed by atoms with Gasteiger partial charge in [0.15, 0.2) is 5.82 Å². The highest BCUT2D eigenvalue weighted by atomic mass is 19.3. The SMILES string of the molecule is Cc1[nH]c(=O)c(NCC(F)(F)c2ccccc2)nc1CC(=O)NCCONC(=N)N. The smallest absolute Gasteiger partial charge is 0.290 e. The second-order valence-corrected chi connectivity index (χ2v) is 6.30. The number of guanidine groups is 1. The fourth-order valence-electron chi connectivity index (χ4n) is 2.43. The summed E-state index contributed by atoms with van der Waals surface area (Å²) in [4.78, 5) is 35.4. The molecule has 0 aliphatic heterocycles. The number of carbonyl (C=O) groups is 1. The molecule has 0 aliphatic rings. The van der Waals surface area contributed by atoms with Crippen LogP contribution < -0.4 is 27.4 Å². The predicted molar refractivity (Wildman–Crippen MR) is 106 cm³/mol. The Bertz CT molecular complexity index is 935. The first-order valence-corrected chi connectivity index (χ1v) is 8.94. The topological polar surface area (TPSA) is 158 Å². The lowest BCUT2D eigenvalue weighted by Gasteiger charge is -2.18. The van der Waals surface area contributed by atoms with Crippen LogP contribution in [0.3, 0.4) is 0 Å². The van der Waals surface area contributed by atoms with Crippen LogP contribution in [0, 0.1) is 12.3 Å². The van der Waals surface area contributed by atoms with Crippen LogP contribution >= 0.6 is 0 Å². The van der Waals surface area contributed by atoms with E-state index in [1.165, 1.54) is 24.3 Å². The number of hydrogen-bond acceptors (Lipinski definition) is 6. The molecule has 162 valence electrons. The zero-order valence-electron chi connectivity index (χ0n) is 16.2. The van der Waals surface area contributed by atoms with Crippen LogP contribution in [0.15, 0.2) is 35.1 Å².